The Morgan fingerprint density at radius 1 is 1.10 bits per heavy atom. The second kappa shape index (κ2) is 8.29. The van der Waals surface area contributed by atoms with Gasteiger partial charge in [-0.05, 0) is 18.2 Å². The number of halogens is 3. The Labute approximate surface area is 163 Å². The fraction of sp³-hybridized carbons (Fsp3) is 0.263. The van der Waals surface area contributed by atoms with Gasteiger partial charge in [0.15, 0.2) is 0 Å². The van der Waals surface area contributed by atoms with E-state index in [4.69, 9.17) is 0 Å². The van der Waals surface area contributed by atoms with Crippen LogP contribution < -0.4 is 16.2 Å². The highest BCUT2D eigenvalue weighted by atomic mass is 19.4. The van der Waals surface area contributed by atoms with E-state index in [1.165, 1.54) is 24.0 Å². The van der Waals surface area contributed by atoms with Crippen molar-refractivity contribution >= 4 is 22.5 Å². The van der Waals surface area contributed by atoms with Gasteiger partial charge in [0.1, 0.15) is 5.82 Å². The lowest BCUT2D eigenvalue weighted by molar-refractivity contribution is -0.137. The van der Waals surface area contributed by atoms with Gasteiger partial charge in [-0.25, -0.2) is 9.67 Å². The van der Waals surface area contributed by atoms with Gasteiger partial charge in [0, 0.05) is 31.7 Å². The Bertz CT molecular complexity index is 1100. The molecule has 3 rings (SSSR count). The van der Waals surface area contributed by atoms with Crippen molar-refractivity contribution in [2.75, 3.05) is 18.4 Å². The summed E-state index contributed by atoms with van der Waals surface area (Å²) in [6, 6.07) is 9.00. The molecule has 2 heterocycles. The molecule has 0 saturated heterocycles. The SMILES string of the molecule is Cn1nc(CC(=O)NCCNc2ncccc2C(F)(F)F)c2ccccc2c1=O. The summed E-state index contributed by atoms with van der Waals surface area (Å²) in [7, 11) is 1.51. The number of nitrogens with zero attached hydrogens (tertiary/aromatic N) is 3. The molecule has 1 aromatic carbocycles. The summed E-state index contributed by atoms with van der Waals surface area (Å²) in [5, 5.41) is 10.4. The molecule has 0 unspecified atom stereocenters. The number of alkyl halides is 3. The molecular formula is C19H18F3N5O2. The van der Waals surface area contributed by atoms with Crippen molar-refractivity contribution in [2.24, 2.45) is 7.05 Å². The molecule has 29 heavy (non-hydrogen) atoms. The van der Waals surface area contributed by atoms with E-state index in [9.17, 15) is 22.8 Å². The molecule has 2 N–H and O–H groups in total. The van der Waals surface area contributed by atoms with Crippen molar-refractivity contribution in [3.05, 3.63) is 64.2 Å². The first-order valence-electron chi connectivity index (χ1n) is 8.75. The number of rotatable bonds is 6. The van der Waals surface area contributed by atoms with Crippen molar-refractivity contribution in [3.8, 4) is 0 Å². The van der Waals surface area contributed by atoms with Gasteiger partial charge < -0.3 is 10.6 Å². The average molecular weight is 405 g/mol. The maximum atomic E-state index is 12.9. The van der Waals surface area contributed by atoms with Crippen molar-refractivity contribution < 1.29 is 18.0 Å². The van der Waals surface area contributed by atoms with E-state index in [0.29, 0.717) is 16.5 Å². The van der Waals surface area contributed by atoms with Crippen molar-refractivity contribution in [3.63, 3.8) is 0 Å². The maximum absolute atomic E-state index is 12.9. The van der Waals surface area contributed by atoms with Crippen LogP contribution in [0, 0.1) is 0 Å². The van der Waals surface area contributed by atoms with Gasteiger partial charge in [-0.3, -0.25) is 9.59 Å². The molecule has 3 aromatic rings. The molecule has 0 atom stereocenters. The van der Waals surface area contributed by atoms with E-state index in [-0.39, 0.29) is 36.8 Å². The molecular weight excluding hydrogens is 387 g/mol. The van der Waals surface area contributed by atoms with Crippen LogP contribution in [0.4, 0.5) is 19.0 Å². The number of fused-ring (bicyclic) bond motifs is 1. The number of benzene rings is 1. The summed E-state index contributed by atoms with van der Waals surface area (Å²) >= 11 is 0. The molecule has 0 radical (unpaired) electrons. The number of amides is 1. The fourth-order valence-corrected chi connectivity index (χ4v) is 2.88. The third kappa shape index (κ3) is 4.71. The van der Waals surface area contributed by atoms with Gasteiger partial charge in [0.2, 0.25) is 5.91 Å². The average Bonchev–Trinajstić information content (AvgIpc) is 2.69. The van der Waals surface area contributed by atoms with Crippen LogP contribution in [-0.4, -0.2) is 33.8 Å². The normalized spacial score (nSPS) is 11.4. The Hall–Kier alpha value is -3.43. The Kier molecular flexibility index (Phi) is 5.81. The fourth-order valence-electron chi connectivity index (χ4n) is 2.88. The molecule has 0 spiro atoms. The minimum atomic E-state index is -4.52. The second-order valence-electron chi connectivity index (χ2n) is 6.27. The molecule has 0 fully saturated rings. The van der Waals surface area contributed by atoms with Gasteiger partial charge in [0.05, 0.1) is 23.1 Å². The molecule has 1 amide bonds. The minimum absolute atomic E-state index is 0.0628. The second-order valence-corrected chi connectivity index (χ2v) is 6.27. The summed E-state index contributed by atoms with van der Waals surface area (Å²) in [4.78, 5) is 28.0. The highest BCUT2D eigenvalue weighted by Gasteiger charge is 2.33. The summed E-state index contributed by atoms with van der Waals surface area (Å²) in [6.45, 7) is 0.156. The molecule has 7 nitrogen and oxygen atoms in total. The van der Waals surface area contributed by atoms with Gasteiger partial charge in [-0.15, -0.1) is 0 Å². The smallest absolute Gasteiger partial charge is 0.368 e. The van der Waals surface area contributed by atoms with Crippen LogP contribution >= 0.6 is 0 Å². The highest BCUT2D eigenvalue weighted by molar-refractivity contribution is 5.88. The van der Waals surface area contributed by atoms with Gasteiger partial charge in [-0.2, -0.15) is 18.3 Å². The van der Waals surface area contributed by atoms with Crippen LogP contribution in [0.15, 0.2) is 47.4 Å². The van der Waals surface area contributed by atoms with E-state index in [2.05, 4.69) is 20.7 Å². The summed E-state index contributed by atoms with van der Waals surface area (Å²) in [6.07, 6.45) is -3.32. The quantitative estimate of drug-likeness (QED) is 0.614. The number of nitrogens with one attached hydrogen (secondary N) is 2. The first kappa shape index (κ1) is 20.3. The van der Waals surface area contributed by atoms with E-state index in [1.54, 1.807) is 24.3 Å². The zero-order valence-corrected chi connectivity index (χ0v) is 15.5. The predicted molar refractivity (Wildman–Crippen MR) is 101 cm³/mol. The molecule has 2 aromatic heterocycles. The van der Waals surface area contributed by atoms with Crippen molar-refractivity contribution in [2.45, 2.75) is 12.6 Å². The minimum Gasteiger partial charge on any atom is -0.368 e. The van der Waals surface area contributed by atoms with E-state index < -0.39 is 11.7 Å². The van der Waals surface area contributed by atoms with Crippen LogP contribution in [0.5, 0.6) is 0 Å². The van der Waals surface area contributed by atoms with E-state index in [1.807, 2.05) is 0 Å². The zero-order chi connectivity index (χ0) is 21.0. The standard InChI is InChI=1S/C19H18F3N5O2/c1-27-18(29)13-6-3-2-5-12(13)15(26-27)11-16(28)23-9-10-25-17-14(19(20,21)22)7-4-8-24-17/h2-8H,9-11H2,1H3,(H,23,28)(H,24,25). The molecule has 152 valence electrons. The topological polar surface area (TPSA) is 88.9 Å². The van der Waals surface area contributed by atoms with Gasteiger partial charge in [-0.1, -0.05) is 18.2 Å². The lowest BCUT2D eigenvalue weighted by atomic mass is 10.1. The highest BCUT2D eigenvalue weighted by Crippen LogP contribution is 2.33. The third-order valence-corrected chi connectivity index (χ3v) is 4.21. The van der Waals surface area contributed by atoms with Gasteiger partial charge >= 0.3 is 6.18 Å². The molecule has 0 aliphatic heterocycles. The van der Waals surface area contributed by atoms with Crippen LogP contribution in [-0.2, 0) is 24.4 Å². The number of aryl methyl sites for hydroxylation is 1. The van der Waals surface area contributed by atoms with Crippen LogP contribution in [0.25, 0.3) is 10.8 Å². The Balaban J connectivity index is 1.60. The number of carbonyl (C=O) groups excluding carboxylic acids is 1. The van der Waals surface area contributed by atoms with E-state index in [0.717, 1.165) is 6.07 Å². The van der Waals surface area contributed by atoms with Crippen molar-refractivity contribution in [1.82, 2.24) is 20.1 Å². The summed E-state index contributed by atoms with van der Waals surface area (Å²) in [5.74, 6) is -0.653. The first-order valence-corrected chi connectivity index (χ1v) is 8.75. The largest absolute Gasteiger partial charge is 0.419 e. The number of pyridine rings is 1. The number of aromatic nitrogens is 3. The van der Waals surface area contributed by atoms with Crippen LogP contribution in [0.1, 0.15) is 11.3 Å². The van der Waals surface area contributed by atoms with Crippen molar-refractivity contribution in [1.29, 1.82) is 0 Å². The lowest BCUT2D eigenvalue weighted by Crippen LogP contribution is -2.31. The number of hydrogen-bond donors (Lipinski definition) is 2. The molecule has 10 heteroatoms. The van der Waals surface area contributed by atoms with Crippen LogP contribution in [0.2, 0.25) is 0 Å². The van der Waals surface area contributed by atoms with E-state index >= 15 is 0 Å². The molecule has 0 aliphatic rings. The monoisotopic (exact) mass is 405 g/mol. The molecule has 0 bridgehead atoms. The molecule has 0 aliphatic carbocycles. The van der Waals surface area contributed by atoms with Gasteiger partial charge in [0.25, 0.3) is 5.56 Å². The van der Waals surface area contributed by atoms with Crippen LogP contribution in [0.3, 0.4) is 0 Å². The maximum Gasteiger partial charge on any atom is 0.419 e. The predicted octanol–water partition coefficient (Wildman–Crippen LogP) is 2.12. The first-order chi connectivity index (χ1) is 13.8. The molecule has 0 saturated carbocycles. The summed E-state index contributed by atoms with van der Waals surface area (Å²) < 4.78 is 40.0. The Morgan fingerprint density at radius 3 is 2.55 bits per heavy atom. The number of anilines is 1. The Morgan fingerprint density at radius 2 is 1.83 bits per heavy atom. The number of carbonyl (C=O) groups is 1. The lowest BCUT2D eigenvalue weighted by Gasteiger charge is -2.13. The number of hydrogen-bond acceptors (Lipinski definition) is 5. The zero-order valence-electron chi connectivity index (χ0n) is 15.5. The summed E-state index contributed by atoms with van der Waals surface area (Å²) in [5.41, 5.74) is -0.686. The third-order valence-electron chi connectivity index (χ3n) is 4.21.